The fourth-order valence-corrected chi connectivity index (χ4v) is 6.19. The molecule has 1 aromatic rings. The van der Waals surface area contributed by atoms with E-state index in [0.29, 0.717) is 0 Å². The van der Waals surface area contributed by atoms with E-state index in [-0.39, 0.29) is 36.0 Å². The van der Waals surface area contributed by atoms with Gasteiger partial charge in [0, 0.05) is 23.8 Å². The number of carbonyl (C=O) groups excluding carboxylic acids is 3. The first-order valence-electron chi connectivity index (χ1n) is 12.5. The van der Waals surface area contributed by atoms with E-state index in [1.54, 1.807) is 6.08 Å². The number of Topliss-reactive ketones (excluding diaryl/α,β-unsaturated/α-hetero) is 1. The Hall–Kier alpha value is -2.99. The zero-order chi connectivity index (χ0) is 26.7. The van der Waals surface area contributed by atoms with Crippen molar-refractivity contribution in [1.82, 2.24) is 0 Å². The van der Waals surface area contributed by atoms with Crippen LogP contribution in [0.2, 0.25) is 0 Å². The van der Waals surface area contributed by atoms with Crippen LogP contribution in [0, 0.1) is 22.7 Å². The second kappa shape index (κ2) is 11.0. The molecule has 2 aliphatic carbocycles. The van der Waals surface area contributed by atoms with Gasteiger partial charge in [0.2, 0.25) is 0 Å². The summed E-state index contributed by atoms with van der Waals surface area (Å²) < 4.78 is 10.6. The lowest BCUT2D eigenvalue weighted by Crippen LogP contribution is -2.64. The van der Waals surface area contributed by atoms with Crippen molar-refractivity contribution in [3.05, 3.63) is 65.8 Å². The second-order valence-corrected chi connectivity index (χ2v) is 10.6. The molecule has 1 saturated carbocycles. The van der Waals surface area contributed by atoms with Crippen molar-refractivity contribution in [2.24, 2.45) is 22.7 Å². The number of aliphatic hydroxyl groups excluding tert-OH is 1. The number of ketones is 1. The highest BCUT2D eigenvalue weighted by atomic mass is 16.6. The van der Waals surface area contributed by atoms with Gasteiger partial charge in [-0.3, -0.25) is 9.59 Å². The number of esters is 2. The lowest BCUT2D eigenvalue weighted by molar-refractivity contribution is -0.207. The molecule has 6 nitrogen and oxygen atoms in total. The zero-order valence-corrected chi connectivity index (χ0v) is 22.0. The molecule has 1 aromatic carbocycles. The molecule has 1 N–H and O–H groups in total. The molecule has 2 aliphatic rings. The molecule has 194 valence electrons. The molecule has 0 unspecified atom stereocenters. The first-order chi connectivity index (χ1) is 16.9. The second-order valence-electron chi connectivity index (χ2n) is 10.6. The third-order valence-electron chi connectivity index (χ3n) is 8.72. The predicted octanol–water partition coefficient (Wildman–Crippen LogP) is 5.07. The van der Waals surface area contributed by atoms with E-state index in [9.17, 15) is 19.5 Å². The number of benzene rings is 1. The molecule has 6 heteroatoms. The Labute approximate surface area is 214 Å². The van der Waals surface area contributed by atoms with Gasteiger partial charge in [-0.2, -0.15) is 0 Å². The van der Waals surface area contributed by atoms with Gasteiger partial charge in [-0.25, -0.2) is 4.79 Å². The van der Waals surface area contributed by atoms with Gasteiger partial charge in [0.05, 0.1) is 13.5 Å². The molecule has 6 atom stereocenters. The molecule has 0 heterocycles. The summed E-state index contributed by atoms with van der Waals surface area (Å²) in [6, 6.07) is 9.43. The van der Waals surface area contributed by atoms with Gasteiger partial charge in [-0.05, 0) is 48.3 Å². The summed E-state index contributed by atoms with van der Waals surface area (Å²) in [4.78, 5) is 37.8. The van der Waals surface area contributed by atoms with Gasteiger partial charge in [-0.15, -0.1) is 0 Å². The van der Waals surface area contributed by atoms with Crippen LogP contribution in [0.3, 0.4) is 0 Å². The molecule has 0 amide bonds. The number of rotatable bonds is 8. The van der Waals surface area contributed by atoms with E-state index >= 15 is 0 Å². The first-order valence-corrected chi connectivity index (χ1v) is 12.5. The minimum atomic E-state index is -0.926. The number of aliphatic hydroxyl groups is 1. The fourth-order valence-electron chi connectivity index (χ4n) is 6.19. The number of hydrogen-bond acceptors (Lipinski definition) is 6. The molecular weight excluding hydrogens is 456 g/mol. The van der Waals surface area contributed by atoms with Crippen LogP contribution < -0.4 is 0 Å². The van der Waals surface area contributed by atoms with E-state index in [2.05, 4.69) is 12.7 Å². The number of allylic oxidation sites excluding steroid dienone is 1. The lowest BCUT2D eigenvalue weighted by Gasteiger charge is -2.61. The third-order valence-corrected chi connectivity index (χ3v) is 8.72. The molecule has 0 bridgehead atoms. The quantitative estimate of drug-likeness (QED) is 0.308. The number of hydrogen-bond donors (Lipinski definition) is 1. The summed E-state index contributed by atoms with van der Waals surface area (Å²) in [6.45, 7) is 11.8. The summed E-state index contributed by atoms with van der Waals surface area (Å²) >= 11 is 0. The SMILES string of the molecule is C=C(CC(=O)OC)C(=O)C[C@@]1(C)[C@H](C)[C@@H](OC(=O)/C=C/c2ccccc2)[C@H](O)[C@@]2(C)C(C)=CCC[C@H]12. The van der Waals surface area contributed by atoms with Crippen molar-refractivity contribution in [2.45, 2.75) is 65.6 Å². The molecule has 3 rings (SSSR count). The van der Waals surface area contributed by atoms with Gasteiger partial charge in [0.25, 0.3) is 0 Å². The average molecular weight is 495 g/mol. The highest BCUT2D eigenvalue weighted by Gasteiger charge is 2.62. The van der Waals surface area contributed by atoms with Crippen molar-refractivity contribution in [3.8, 4) is 0 Å². The molecule has 0 saturated heterocycles. The summed E-state index contributed by atoms with van der Waals surface area (Å²) in [5, 5.41) is 11.6. The highest BCUT2D eigenvalue weighted by Crippen LogP contribution is 2.62. The van der Waals surface area contributed by atoms with Crippen molar-refractivity contribution in [2.75, 3.05) is 7.11 Å². The number of carbonyl (C=O) groups is 3. The number of fused-ring (bicyclic) bond motifs is 1. The maximum Gasteiger partial charge on any atom is 0.331 e. The summed E-state index contributed by atoms with van der Waals surface area (Å²) in [7, 11) is 1.28. The Kier molecular flexibility index (Phi) is 8.40. The molecule has 0 aromatic heterocycles. The van der Waals surface area contributed by atoms with Crippen LogP contribution in [0.4, 0.5) is 0 Å². The molecule has 36 heavy (non-hydrogen) atoms. The van der Waals surface area contributed by atoms with Gasteiger partial charge >= 0.3 is 11.9 Å². The minimum absolute atomic E-state index is 0.0234. The smallest absolute Gasteiger partial charge is 0.331 e. The van der Waals surface area contributed by atoms with E-state index in [4.69, 9.17) is 9.47 Å². The topological polar surface area (TPSA) is 89.9 Å². The van der Waals surface area contributed by atoms with Gasteiger partial charge in [-0.1, -0.05) is 69.3 Å². The van der Waals surface area contributed by atoms with E-state index in [1.807, 2.05) is 58.0 Å². The third kappa shape index (κ3) is 5.24. The fraction of sp³-hybridized carbons (Fsp3) is 0.500. The van der Waals surface area contributed by atoms with Crippen molar-refractivity contribution < 1.29 is 29.0 Å². The van der Waals surface area contributed by atoms with E-state index in [0.717, 1.165) is 24.0 Å². The zero-order valence-electron chi connectivity index (χ0n) is 22.0. The maximum atomic E-state index is 13.2. The van der Waals surface area contributed by atoms with Crippen LogP contribution in [0.1, 0.15) is 58.9 Å². The first kappa shape index (κ1) is 27.6. The molecule has 0 spiro atoms. The van der Waals surface area contributed by atoms with E-state index < -0.39 is 35.0 Å². The van der Waals surface area contributed by atoms with Gasteiger partial charge in [0.1, 0.15) is 12.2 Å². The van der Waals surface area contributed by atoms with Crippen molar-refractivity contribution in [3.63, 3.8) is 0 Å². The van der Waals surface area contributed by atoms with Crippen LogP contribution in [0.15, 0.2) is 60.2 Å². The van der Waals surface area contributed by atoms with Gasteiger partial charge < -0.3 is 14.6 Å². The lowest BCUT2D eigenvalue weighted by atomic mass is 9.45. The summed E-state index contributed by atoms with van der Waals surface area (Å²) in [5.74, 6) is -1.61. The van der Waals surface area contributed by atoms with Crippen LogP contribution in [-0.2, 0) is 23.9 Å². The standard InChI is InChI=1S/C30H38O6/c1-19(17-26(33)35-6)23(31)18-29(4)21(3)27(28(34)30(5)20(2)11-10-14-24(29)30)36-25(32)16-15-22-12-8-7-9-13-22/h7-9,11-13,15-16,21,24,27-28,34H,1,10,14,17-18H2,2-6H3/b16-15+/t21-,24-,27-,28+,29+,30+/m1/s1. The van der Waals surface area contributed by atoms with Crippen LogP contribution in [0.25, 0.3) is 6.08 Å². The van der Waals surface area contributed by atoms with Crippen LogP contribution >= 0.6 is 0 Å². The largest absolute Gasteiger partial charge is 0.469 e. The predicted molar refractivity (Wildman–Crippen MR) is 139 cm³/mol. The molecule has 0 aliphatic heterocycles. The number of ether oxygens (including phenoxy) is 2. The summed E-state index contributed by atoms with van der Waals surface area (Å²) in [6.07, 6.45) is 5.06. The Balaban J connectivity index is 1.92. The maximum absolute atomic E-state index is 13.2. The molecule has 0 radical (unpaired) electrons. The highest BCUT2D eigenvalue weighted by molar-refractivity contribution is 5.99. The normalized spacial score (nSPS) is 31.8. The van der Waals surface area contributed by atoms with Crippen molar-refractivity contribution >= 4 is 23.8 Å². The van der Waals surface area contributed by atoms with E-state index in [1.165, 1.54) is 13.2 Å². The number of methoxy groups -OCH3 is 1. The summed E-state index contributed by atoms with van der Waals surface area (Å²) in [5.41, 5.74) is 0.826. The average Bonchev–Trinajstić information content (AvgIpc) is 2.86. The van der Waals surface area contributed by atoms with Crippen LogP contribution in [0.5, 0.6) is 0 Å². The molecule has 1 fully saturated rings. The van der Waals surface area contributed by atoms with Crippen LogP contribution in [-0.4, -0.2) is 42.1 Å². The Morgan fingerprint density at radius 2 is 1.86 bits per heavy atom. The Morgan fingerprint density at radius 3 is 2.50 bits per heavy atom. The Morgan fingerprint density at radius 1 is 1.19 bits per heavy atom. The van der Waals surface area contributed by atoms with Gasteiger partial charge in [0.15, 0.2) is 5.78 Å². The monoisotopic (exact) mass is 494 g/mol. The van der Waals surface area contributed by atoms with Crippen molar-refractivity contribution in [1.29, 1.82) is 0 Å². The Bertz CT molecular complexity index is 1070. The molecular formula is C30H38O6. The minimum Gasteiger partial charge on any atom is -0.469 e.